The number of nitrogens with zero attached hydrogens (tertiary/aromatic N) is 1. The van der Waals surface area contributed by atoms with E-state index in [9.17, 15) is 0 Å². The van der Waals surface area contributed by atoms with E-state index in [1.807, 2.05) is 21.1 Å². The number of rotatable bonds is 2. The maximum atomic E-state index is 3.09. The molecule has 0 bridgehead atoms. The van der Waals surface area contributed by atoms with E-state index in [0.29, 0.717) is 6.17 Å². The van der Waals surface area contributed by atoms with Gasteiger partial charge in [-0.1, -0.05) is 0 Å². The van der Waals surface area contributed by atoms with Gasteiger partial charge in [0.05, 0.1) is 6.17 Å². The molecule has 0 fully saturated rings. The first-order chi connectivity index (χ1) is 3.18. The summed E-state index contributed by atoms with van der Waals surface area (Å²) < 4.78 is 0. The molecule has 3 heteroatoms. The Bertz CT molecular complexity index is 47.7. The monoisotopic (exact) mass is 153 g/mol. The molecular weight excluding hydrogens is 139 g/mol. The van der Waals surface area contributed by atoms with Gasteiger partial charge in [0.2, 0.25) is 0 Å². The standard InChI is InChI=1S/C5H14N2.V/c1-5(6-2)7(3)4;/h5-6H,1-4H3;. The zero-order valence-electron chi connectivity index (χ0n) is 5.97. The Hall–Kier alpha value is 0.504. The number of hydrogen-bond acceptors (Lipinski definition) is 2. The minimum Gasteiger partial charge on any atom is -0.305 e. The summed E-state index contributed by atoms with van der Waals surface area (Å²) in [7, 11) is 6.03. The molecule has 0 amide bonds. The quantitative estimate of drug-likeness (QED) is 0.566. The average molecular weight is 153 g/mol. The normalized spacial score (nSPS) is 13.1. The van der Waals surface area contributed by atoms with Crippen LogP contribution >= 0.6 is 0 Å². The third-order valence-electron chi connectivity index (χ3n) is 1.19. The Morgan fingerprint density at radius 3 is 1.75 bits per heavy atom. The molecule has 0 aliphatic heterocycles. The third-order valence-corrected chi connectivity index (χ3v) is 1.19. The zero-order chi connectivity index (χ0) is 5.86. The van der Waals surface area contributed by atoms with Gasteiger partial charge in [0.25, 0.3) is 0 Å². The molecule has 0 aromatic heterocycles. The van der Waals surface area contributed by atoms with Gasteiger partial charge in [0.15, 0.2) is 0 Å². The van der Waals surface area contributed by atoms with Crippen molar-refractivity contribution in [1.82, 2.24) is 10.2 Å². The van der Waals surface area contributed by atoms with E-state index < -0.39 is 0 Å². The molecule has 1 unspecified atom stereocenters. The summed E-state index contributed by atoms with van der Waals surface area (Å²) in [5, 5.41) is 3.09. The third kappa shape index (κ3) is 4.66. The van der Waals surface area contributed by atoms with Crippen molar-refractivity contribution in [3.8, 4) is 0 Å². The van der Waals surface area contributed by atoms with Crippen LogP contribution < -0.4 is 5.32 Å². The van der Waals surface area contributed by atoms with E-state index in [4.69, 9.17) is 0 Å². The zero-order valence-corrected chi connectivity index (χ0v) is 7.37. The number of hydrogen-bond donors (Lipinski definition) is 1. The van der Waals surface area contributed by atoms with Gasteiger partial charge < -0.3 is 5.32 Å². The van der Waals surface area contributed by atoms with Crippen LogP contribution in [-0.4, -0.2) is 32.2 Å². The van der Waals surface area contributed by atoms with E-state index in [2.05, 4.69) is 17.1 Å². The first-order valence-corrected chi connectivity index (χ1v) is 2.52. The van der Waals surface area contributed by atoms with Gasteiger partial charge in [0.1, 0.15) is 0 Å². The Kier molecular flexibility index (Phi) is 7.98. The van der Waals surface area contributed by atoms with E-state index in [0.717, 1.165) is 0 Å². The summed E-state index contributed by atoms with van der Waals surface area (Å²) in [6.07, 6.45) is 0.486. The van der Waals surface area contributed by atoms with E-state index in [1.165, 1.54) is 0 Å². The molecule has 0 saturated carbocycles. The molecule has 1 N–H and O–H groups in total. The molecule has 2 nitrogen and oxygen atoms in total. The molecule has 0 spiro atoms. The second-order valence-corrected chi connectivity index (χ2v) is 1.93. The number of nitrogens with one attached hydrogen (secondary N) is 1. The maximum absolute atomic E-state index is 3.09. The van der Waals surface area contributed by atoms with Crippen LogP contribution in [0.1, 0.15) is 6.92 Å². The van der Waals surface area contributed by atoms with Crippen molar-refractivity contribution >= 4 is 0 Å². The van der Waals surface area contributed by atoms with Gasteiger partial charge in [-0.05, 0) is 28.1 Å². The largest absolute Gasteiger partial charge is 0.305 e. The Balaban J connectivity index is 0. The topological polar surface area (TPSA) is 15.3 Å². The molecule has 0 saturated heterocycles. The van der Waals surface area contributed by atoms with Crippen molar-refractivity contribution in [3.63, 3.8) is 0 Å². The Morgan fingerprint density at radius 1 is 1.38 bits per heavy atom. The minimum absolute atomic E-state index is 0. The predicted molar refractivity (Wildman–Crippen MR) is 32.2 cm³/mol. The van der Waals surface area contributed by atoms with Crippen molar-refractivity contribution < 1.29 is 18.6 Å². The molecule has 0 heterocycles. The van der Waals surface area contributed by atoms with Gasteiger partial charge >= 0.3 is 0 Å². The second kappa shape index (κ2) is 5.64. The Morgan fingerprint density at radius 2 is 1.75 bits per heavy atom. The summed E-state index contributed by atoms with van der Waals surface area (Å²) in [5.41, 5.74) is 0. The fraction of sp³-hybridized carbons (Fsp3) is 1.00. The molecule has 0 aliphatic carbocycles. The van der Waals surface area contributed by atoms with Crippen molar-refractivity contribution in [3.05, 3.63) is 0 Å². The molecule has 0 rings (SSSR count). The van der Waals surface area contributed by atoms with E-state index in [1.54, 1.807) is 0 Å². The van der Waals surface area contributed by atoms with Crippen LogP contribution in [0.25, 0.3) is 0 Å². The van der Waals surface area contributed by atoms with Crippen molar-refractivity contribution in [2.24, 2.45) is 0 Å². The fourth-order valence-electron chi connectivity index (χ4n) is 0.258. The first kappa shape index (κ1) is 11.3. The van der Waals surface area contributed by atoms with Gasteiger partial charge in [-0.2, -0.15) is 0 Å². The SMILES string of the molecule is CNC(C)N(C)C.[V]. The molecule has 1 atom stereocenters. The van der Waals surface area contributed by atoms with E-state index in [-0.39, 0.29) is 18.6 Å². The smallest absolute Gasteiger partial charge is 0.0560 e. The average Bonchev–Trinajstić information content (AvgIpc) is 1.65. The van der Waals surface area contributed by atoms with Gasteiger partial charge in [-0.25, -0.2) is 0 Å². The van der Waals surface area contributed by atoms with Crippen LogP contribution in [-0.2, 0) is 18.6 Å². The summed E-state index contributed by atoms with van der Waals surface area (Å²) in [6.45, 7) is 2.11. The van der Waals surface area contributed by atoms with Crippen LogP contribution in [0.5, 0.6) is 0 Å². The van der Waals surface area contributed by atoms with Crippen LogP contribution in [0.4, 0.5) is 0 Å². The van der Waals surface area contributed by atoms with Crippen molar-refractivity contribution in [1.29, 1.82) is 0 Å². The molecule has 0 aromatic carbocycles. The van der Waals surface area contributed by atoms with Crippen molar-refractivity contribution in [2.45, 2.75) is 13.1 Å². The molecule has 1 radical (unpaired) electrons. The molecular formula is C5H14N2V. The predicted octanol–water partition coefficient (Wildman–Crippen LogP) is 0.111. The van der Waals surface area contributed by atoms with Gasteiger partial charge in [0, 0.05) is 18.6 Å². The molecule has 0 aliphatic rings. The maximum Gasteiger partial charge on any atom is 0.0560 e. The molecule has 8 heavy (non-hydrogen) atoms. The van der Waals surface area contributed by atoms with Gasteiger partial charge in [-0.15, -0.1) is 0 Å². The van der Waals surface area contributed by atoms with E-state index >= 15 is 0 Å². The van der Waals surface area contributed by atoms with Crippen LogP contribution in [0, 0.1) is 0 Å². The van der Waals surface area contributed by atoms with Crippen LogP contribution in [0.15, 0.2) is 0 Å². The Labute approximate surface area is 63.5 Å². The molecule has 0 aromatic rings. The van der Waals surface area contributed by atoms with Crippen LogP contribution in [0.3, 0.4) is 0 Å². The molecule has 49 valence electrons. The minimum atomic E-state index is 0. The fourth-order valence-corrected chi connectivity index (χ4v) is 0.258. The van der Waals surface area contributed by atoms with Crippen LogP contribution in [0.2, 0.25) is 0 Å². The summed E-state index contributed by atoms with van der Waals surface area (Å²) in [4.78, 5) is 2.11. The summed E-state index contributed by atoms with van der Waals surface area (Å²) >= 11 is 0. The van der Waals surface area contributed by atoms with Crippen molar-refractivity contribution in [2.75, 3.05) is 21.1 Å². The van der Waals surface area contributed by atoms with Gasteiger partial charge in [-0.3, -0.25) is 4.90 Å². The first-order valence-electron chi connectivity index (χ1n) is 2.52. The second-order valence-electron chi connectivity index (χ2n) is 1.93. The summed E-state index contributed by atoms with van der Waals surface area (Å²) in [5.74, 6) is 0. The summed E-state index contributed by atoms with van der Waals surface area (Å²) in [6, 6.07) is 0.